The third kappa shape index (κ3) is 5.98. The summed E-state index contributed by atoms with van der Waals surface area (Å²) in [5.41, 5.74) is 3.41. The Bertz CT molecular complexity index is 764. The summed E-state index contributed by atoms with van der Waals surface area (Å²) < 4.78 is 0. The minimum atomic E-state index is -0.538. The van der Waals surface area contributed by atoms with Crippen LogP contribution in [0.15, 0.2) is 53.6 Å². The first-order valence-electron chi connectivity index (χ1n) is 6.94. The minimum Gasteiger partial charge on any atom is -0.508 e. The van der Waals surface area contributed by atoms with Crippen LogP contribution >= 0.6 is 11.6 Å². The molecule has 2 aromatic rings. The number of carbonyl (C=O) groups excluding carboxylic acids is 2. The highest BCUT2D eigenvalue weighted by Gasteiger charge is 2.05. The Kier molecular flexibility index (Phi) is 6.16. The summed E-state index contributed by atoms with van der Waals surface area (Å²) in [5, 5.41) is 18.5. The van der Waals surface area contributed by atoms with Gasteiger partial charge in [-0.15, -0.1) is 0 Å². The van der Waals surface area contributed by atoms with Crippen LogP contribution in [-0.2, 0) is 4.79 Å². The molecule has 0 aromatic heterocycles. The quantitative estimate of drug-likeness (QED) is 0.493. The minimum absolute atomic E-state index is 0.102. The van der Waals surface area contributed by atoms with Crippen LogP contribution < -0.4 is 16.1 Å². The number of nitrogens with one attached hydrogen (secondary N) is 3. The van der Waals surface area contributed by atoms with Gasteiger partial charge in [0.15, 0.2) is 0 Å². The Morgan fingerprint density at radius 3 is 2.71 bits per heavy atom. The Balaban J connectivity index is 1.73. The fraction of sp³-hybridized carbons (Fsp3) is 0.0625. The second kappa shape index (κ2) is 8.54. The van der Waals surface area contributed by atoms with Crippen molar-refractivity contribution in [3.63, 3.8) is 0 Å². The Morgan fingerprint density at radius 1 is 1.17 bits per heavy atom. The number of halogens is 1. The van der Waals surface area contributed by atoms with Gasteiger partial charge in [0.25, 0.3) is 5.91 Å². The zero-order valence-electron chi connectivity index (χ0n) is 12.5. The molecule has 0 heterocycles. The van der Waals surface area contributed by atoms with Crippen LogP contribution in [0.1, 0.15) is 5.56 Å². The Hall–Kier alpha value is -3.06. The van der Waals surface area contributed by atoms with Crippen LogP contribution in [0.5, 0.6) is 5.75 Å². The number of carbonyl (C=O) groups is 2. The van der Waals surface area contributed by atoms with E-state index in [1.165, 1.54) is 18.3 Å². The molecule has 0 atom stereocenters. The van der Waals surface area contributed by atoms with Crippen molar-refractivity contribution in [2.75, 3.05) is 11.9 Å². The number of nitrogens with zero attached hydrogens (tertiary/aromatic N) is 1. The van der Waals surface area contributed by atoms with E-state index in [0.717, 1.165) is 0 Å². The summed E-state index contributed by atoms with van der Waals surface area (Å²) in [5.74, 6) is -0.391. The molecule has 3 amide bonds. The molecule has 0 saturated carbocycles. The topological polar surface area (TPSA) is 103 Å². The highest BCUT2D eigenvalue weighted by atomic mass is 35.5. The standard InChI is InChI=1S/C16H15ClN4O3/c17-12-4-2-5-13(8-12)20-16(24)18-10-15(23)21-19-9-11-3-1-6-14(22)7-11/h1-9,22H,10H2,(H,21,23)(H2,18,20,24)/b19-9+. The molecular formula is C16H15ClN4O3. The summed E-state index contributed by atoms with van der Waals surface area (Å²) >= 11 is 5.81. The van der Waals surface area contributed by atoms with Gasteiger partial charge in [0.05, 0.1) is 6.21 Å². The van der Waals surface area contributed by atoms with E-state index in [9.17, 15) is 14.7 Å². The van der Waals surface area contributed by atoms with Crippen molar-refractivity contribution >= 4 is 35.4 Å². The number of rotatable bonds is 5. The molecule has 0 unspecified atom stereocenters. The Morgan fingerprint density at radius 2 is 1.96 bits per heavy atom. The first kappa shape index (κ1) is 17.3. The first-order valence-corrected chi connectivity index (χ1v) is 7.32. The molecule has 8 heteroatoms. The summed E-state index contributed by atoms with van der Waals surface area (Å²) in [4.78, 5) is 23.2. The SMILES string of the molecule is O=C(CNC(=O)Nc1cccc(Cl)c1)N/N=C/c1cccc(O)c1. The van der Waals surface area contributed by atoms with Gasteiger partial charge in [0.2, 0.25) is 0 Å². The van der Waals surface area contributed by atoms with Crippen LogP contribution in [0.4, 0.5) is 10.5 Å². The van der Waals surface area contributed by atoms with E-state index < -0.39 is 11.9 Å². The molecule has 24 heavy (non-hydrogen) atoms. The van der Waals surface area contributed by atoms with Gasteiger partial charge in [-0.1, -0.05) is 29.8 Å². The lowest BCUT2D eigenvalue weighted by Gasteiger charge is -2.07. The zero-order valence-corrected chi connectivity index (χ0v) is 13.2. The lowest BCUT2D eigenvalue weighted by atomic mass is 10.2. The zero-order chi connectivity index (χ0) is 17.4. The smallest absolute Gasteiger partial charge is 0.319 e. The molecule has 124 valence electrons. The van der Waals surface area contributed by atoms with E-state index in [4.69, 9.17) is 11.6 Å². The largest absolute Gasteiger partial charge is 0.508 e. The van der Waals surface area contributed by atoms with Crippen molar-refractivity contribution in [3.8, 4) is 5.75 Å². The summed E-state index contributed by atoms with van der Waals surface area (Å²) in [6.07, 6.45) is 1.38. The van der Waals surface area contributed by atoms with Gasteiger partial charge in [-0.25, -0.2) is 10.2 Å². The van der Waals surface area contributed by atoms with Crippen LogP contribution in [0.2, 0.25) is 5.02 Å². The highest BCUT2D eigenvalue weighted by molar-refractivity contribution is 6.30. The fourth-order valence-electron chi connectivity index (χ4n) is 1.73. The van der Waals surface area contributed by atoms with E-state index in [1.54, 1.807) is 36.4 Å². The molecule has 0 saturated heterocycles. The lowest BCUT2D eigenvalue weighted by molar-refractivity contribution is -0.120. The van der Waals surface area contributed by atoms with E-state index in [0.29, 0.717) is 16.3 Å². The van der Waals surface area contributed by atoms with E-state index >= 15 is 0 Å². The average Bonchev–Trinajstić information content (AvgIpc) is 2.53. The summed E-state index contributed by atoms with van der Waals surface area (Å²) in [6, 6.07) is 12.5. The van der Waals surface area contributed by atoms with Crippen molar-refractivity contribution in [2.45, 2.75) is 0 Å². The van der Waals surface area contributed by atoms with Gasteiger partial charge in [0.1, 0.15) is 12.3 Å². The van der Waals surface area contributed by atoms with Gasteiger partial charge in [-0.2, -0.15) is 5.10 Å². The highest BCUT2D eigenvalue weighted by Crippen LogP contribution is 2.14. The van der Waals surface area contributed by atoms with Crippen LogP contribution in [0.25, 0.3) is 0 Å². The third-order valence-electron chi connectivity index (χ3n) is 2.77. The van der Waals surface area contributed by atoms with Gasteiger partial charge >= 0.3 is 6.03 Å². The molecule has 0 spiro atoms. The van der Waals surface area contributed by atoms with Gasteiger partial charge in [0, 0.05) is 10.7 Å². The van der Waals surface area contributed by atoms with Crippen molar-refractivity contribution < 1.29 is 14.7 Å². The number of phenolic OH excluding ortho intramolecular Hbond substituents is 1. The molecule has 2 rings (SSSR count). The van der Waals surface area contributed by atoms with Gasteiger partial charge < -0.3 is 15.7 Å². The molecule has 0 bridgehead atoms. The van der Waals surface area contributed by atoms with E-state index in [2.05, 4.69) is 21.2 Å². The maximum atomic E-state index is 11.6. The van der Waals surface area contributed by atoms with Crippen LogP contribution in [0.3, 0.4) is 0 Å². The number of hydrogen-bond donors (Lipinski definition) is 4. The van der Waals surface area contributed by atoms with Crippen molar-refractivity contribution in [3.05, 3.63) is 59.1 Å². The normalized spacial score (nSPS) is 10.4. The molecule has 0 aliphatic rings. The fourth-order valence-corrected chi connectivity index (χ4v) is 1.92. The second-order valence-electron chi connectivity index (χ2n) is 4.71. The first-order chi connectivity index (χ1) is 11.5. The molecule has 0 radical (unpaired) electrons. The molecule has 0 aliphatic heterocycles. The number of anilines is 1. The number of benzene rings is 2. The number of hydrazone groups is 1. The van der Waals surface area contributed by atoms with Crippen molar-refractivity contribution in [2.24, 2.45) is 5.10 Å². The average molecular weight is 347 g/mol. The molecule has 4 N–H and O–H groups in total. The maximum absolute atomic E-state index is 11.6. The van der Waals surface area contributed by atoms with Crippen molar-refractivity contribution in [1.29, 1.82) is 0 Å². The maximum Gasteiger partial charge on any atom is 0.319 e. The predicted octanol–water partition coefficient (Wildman–Crippen LogP) is 2.32. The van der Waals surface area contributed by atoms with Crippen LogP contribution in [-0.4, -0.2) is 29.8 Å². The number of phenols is 1. The van der Waals surface area contributed by atoms with E-state index in [1.807, 2.05) is 0 Å². The number of hydrogen-bond acceptors (Lipinski definition) is 4. The lowest BCUT2D eigenvalue weighted by Crippen LogP contribution is -2.37. The van der Waals surface area contributed by atoms with E-state index in [-0.39, 0.29) is 12.3 Å². The number of amides is 3. The second-order valence-corrected chi connectivity index (χ2v) is 5.14. The Labute approximate surface area is 143 Å². The van der Waals surface area contributed by atoms with Crippen molar-refractivity contribution in [1.82, 2.24) is 10.7 Å². The molecule has 2 aromatic carbocycles. The predicted molar refractivity (Wildman–Crippen MR) is 92.3 cm³/mol. The molecular weight excluding hydrogens is 332 g/mol. The van der Waals surface area contributed by atoms with Crippen LogP contribution in [0, 0.1) is 0 Å². The monoisotopic (exact) mass is 346 g/mol. The number of aromatic hydroxyl groups is 1. The molecule has 0 fully saturated rings. The third-order valence-corrected chi connectivity index (χ3v) is 3.00. The summed E-state index contributed by atoms with van der Waals surface area (Å²) in [6.45, 7) is -0.246. The molecule has 0 aliphatic carbocycles. The van der Waals surface area contributed by atoms with Gasteiger partial charge in [-0.05, 0) is 35.9 Å². The number of urea groups is 1. The summed E-state index contributed by atoms with van der Waals surface area (Å²) in [7, 11) is 0. The van der Waals surface area contributed by atoms with Gasteiger partial charge in [-0.3, -0.25) is 4.79 Å². The molecule has 7 nitrogen and oxygen atoms in total.